The zero-order valence-corrected chi connectivity index (χ0v) is 15.2. The van der Waals surface area contributed by atoms with Gasteiger partial charge < -0.3 is 9.88 Å². The Bertz CT molecular complexity index is 892. The van der Waals surface area contributed by atoms with Crippen molar-refractivity contribution < 1.29 is 4.79 Å². The average molecular weight is 354 g/mol. The molecule has 3 heterocycles. The molecule has 1 N–H and O–H groups in total. The molecule has 1 amide bonds. The normalized spacial score (nSPS) is 15.1. The van der Waals surface area contributed by atoms with Crippen LogP contribution in [0.15, 0.2) is 29.9 Å². The van der Waals surface area contributed by atoms with Crippen LogP contribution in [-0.2, 0) is 17.8 Å². The van der Waals surface area contributed by atoms with E-state index in [1.165, 1.54) is 12.8 Å². The number of amides is 1. The summed E-state index contributed by atoms with van der Waals surface area (Å²) in [6.45, 7) is 2.98. The average Bonchev–Trinajstić information content (AvgIpc) is 3.34. The van der Waals surface area contributed by atoms with Crippen molar-refractivity contribution in [3.63, 3.8) is 0 Å². The summed E-state index contributed by atoms with van der Waals surface area (Å²) in [6, 6.07) is 4.40. The maximum absolute atomic E-state index is 12.2. The van der Waals surface area contributed by atoms with E-state index in [9.17, 15) is 4.79 Å². The van der Waals surface area contributed by atoms with Crippen molar-refractivity contribution in [2.75, 3.05) is 0 Å². The molecule has 130 valence electrons. The van der Waals surface area contributed by atoms with Gasteiger partial charge in [0.05, 0.1) is 12.1 Å². The van der Waals surface area contributed by atoms with Crippen LogP contribution in [0.3, 0.4) is 0 Å². The predicted octanol–water partition coefficient (Wildman–Crippen LogP) is 3.78. The van der Waals surface area contributed by atoms with Crippen molar-refractivity contribution >= 4 is 28.3 Å². The lowest BCUT2D eigenvalue weighted by Gasteiger charge is -2.10. The molecular formula is C19H22N4OS. The quantitative estimate of drug-likeness (QED) is 0.758. The van der Waals surface area contributed by atoms with E-state index < -0.39 is 0 Å². The second-order valence-corrected chi connectivity index (χ2v) is 7.43. The molecule has 1 aliphatic rings. The van der Waals surface area contributed by atoms with Crippen LogP contribution >= 0.6 is 11.3 Å². The Morgan fingerprint density at radius 1 is 1.40 bits per heavy atom. The number of thiazole rings is 1. The first-order valence-corrected chi connectivity index (χ1v) is 9.80. The molecule has 3 aromatic heterocycles. The summed E-state index contributed by atoms with van der Waals surface area (Å²) in [6.07, 6.45) is 8.95. The van der Waals surface area contributed by atoms with Crippen LogP contribution in [0, 0.1) is 0 Å². The highest BCUT2D eigenvalue weighted by atomic mass is 32.1. The number of carbonyl (C=O) groups is 1. The number of carbonyl (C=O) groups excluding carboxylic acids is 1. The van der Waals surface area contributed by atoms with Gasteiger partial charge in [0.25, 0.3) is 0 Å². The SMILES string of the molecule is CCn1cc(-c2nc(CC(=O)NC3CCCC3)cs2)c2cccnc21. The van der Waals surface area contributed by atoms with Crippen LogP contribution in [0.1, 0.15) is 38.3 Å². The van der Waals surface area contributed by atoms with E-state index in [1.54, 1.807) is 11.3 Å². The maximum Gasteiger partial charge on any atom is 0.226 e. The van der Waals surface area contributed by atoms with Crippen molar-refractivity contribution in [1.82, 2.24) is 19.9 Å². The lowest BCUT2D eigenvalue weighted by atomic mass is 10.2. The van der Waals surface area contributed by atoms with Gasteiger partial charge in [-0.25, -0.2) is 9.97 Å². The van der Waals surface area contributed by atoms with Gasteiger partial charge in [-0.3, -0.25) is 4.79 Å². The minimum atomic E-state index is 0.0846. The third kappa shape index (κ3) is 3.31. The summed E-state index contributed by atoms with van der Waals surface area (Å²) in [7, 11) is 0. The molecule has 3 aromatic rings. The molecule has 6 heteroatoms. The molecule has 1 fully saturated rings. The van der Waals surface area contributed by atoms with Gasteiger partial charge in [0.15, 0.2) is 0 Å². The molecular weight excluding hydrogens is 332 g/mol. The van der Waals surface area contributed by atoms with Crippen molar-refractivity contribution in [3.05, 3.63) is 35.6 Å². The van der Waals surface area contributed by atoms with Crippen molar-refractivity contribution in [3.8, 4) is 10.6 Å². The summed E-state index contributed by atoms with van der Waals surface area (Å²) in [5.41, 5.74) is 2.92. The molecule has 0 radical (unpaired) electrons. The molecule has 25 heavy (non-hydrogen) atoms. The number of aryl methyl sites for hydroxylation is 1. The number of nitrogens with zero attached hydrogens (tertiary/aromatic N) is 3. The Balaban J connectivity index is 1.54. The topological polar surface area (TPSA) is 59.8 Å². The number of hydrogen-bond acceptors (Lipinski definition) is 4. The minimum absolute atomic E-state index is 0.0846. The Morgan fingerprint density at radius 3 is 3.04 bits per heavy atom. The van der Waals surface area contributed by atoms with Gasteiger partial charge in [-0.05, 0) is 31.9 Å². The van der Waals surface area contributed by atoms with Crippen LogP contribution < -0.4 is 5.32 Å². The van der Waals surface area contributed by atoms with Gasteiger partial charge in [-0.15, -0.1) is 11.3 Å². The summed E-state index contributed by atoms with van der Waals surface area (Å²) in [4.78, 5) is 21.4. The highest BCUT2D eigenvalue weighted by molar-refractivity contribution is 7.13. The highest BCUT2D eigenvalue weighted by Gasteiger charge is 2.19. The van der Waals surface area contributed by atoms with Crippen LogP contribution in [0.5, 0.6) is 0 Å². The number of rotatable bonds is 5. The number of nitrogens with one attached hydrogen (secondary N) is 1. The first-order valence-electron chi connectivity index (χ1n) is 8.92. The van der Waals surface area contributed by atoms with E-state index in [2.05, 4.69) is 34.1 Å². The zero-order valence-electron chi connectivity index (χ0n) is 14.4. The zero-order chi connectivity index (χ0) is 17.2. The molecule has 0 spiro atoms. The van der Waals surface area contributed by atoms with Gasteiger partial charge >= 0.3 is 0 Å². The number of pyridine rings is 1. The molecule has 0 aromatic carbocycles. The molecule has 0 unspecified atom stereocenters. The summed E-state index contributed by atoms with van der Waals surface area (Å²) in [5.74, 6) is 0.0846. The molecule has 5 nitrogen and oxygen atoms in total. The number of hydrogen-bond donors (Lipinski definition) is 1. The summed E-state index contributed by atoms with van der Waals surface area (Å²) < 4.78 is 2.14. The molecule has 0 aliphatic heterocycles. The maximum atomic E-state index is 12.2. The van der Waals surface area contributed by atoms with Crippen LogP contribution in [0.4, 0.5) is 0 Å². The smallest absolute Gasteiger partial charge is 0.226 e. The first kappa shape index (κ1) is 16.3. The minimum Gasteiger partial charge on any atom is -0.353 e. The van der Waals surface area contributed by atoms with Crippen LogP contribution in [0.25, 0.3) is 21.6 Å². The third-order valence-corrected chi connectivity index (χ3v) is 5.74. The van der Waals surface area contributed by atoms with Crippen molar-refractivity contribution in [1.29, 1.82) is 0 Å². The Kier molecular flexibility index (Phi) is 4.53. The van der Waals surface area contributed by atoms with Crippen molar-refractivity contribution in [2.24, 2.45) is 0 Å². The van der Waals surface area contributed by atoms with E-state index in [0.717, 1.165) is 46.7 Å². The lowest BCUT2D eigenvalue weighted by molar-refractivity contribution is -0.121. The van der Waals surface area contributed by atoms with Gasteiger partial charge in [-0.1, -0.05) is 12.8 Å². The standard InChI is InChI=1S/C19H22N4OS/c1-2-23-11-16(15-8-5-9-20-18(15)23)19-22-14(12-25-19)10-17(24)21-13-6-3-4-7-13/h5,8-9,11-13H,2-4,6-7,10H2,1H3,(H,21,24). The molecule has 0 saturated heterocycles. The predicted molar refractivity (Wildman–Crippen MR) is 101 cm³/mol. The summed E-state index contributed by atoms with van der Waals surface area (Å²) >= 11 is 1.59. The fourth-order valence-electron chi connectivity index (χ4n) is 3.56. The molecule has 0 atom stereocenters. The fraction of sp³-hybridized carbons (Fsp3) is 0.421. The largest absolute Gasteiger partial charge is 0.353 e. The van der Waals surface area contributed by atoms with Gasteiger partial charge in [0, 0.05) is 41.3 Å². The highest BCUT2D eigenvalue weighted by Crippen LogP contribution is 2.32. The lowest BCUT2D eigenvalue weighted by Crippen LogP contribution is -2.33. The number of aromatic nitrogens is 3. The molecule has 0 bridgehead atoms. The van der Waals surface area contributed by atoms with Gasteiger partial charge in [-0.2, -0.15) is 0 Å². The van der Waals surface area contributed by atoms with E-state index in [4.69, 9.17) is 4.98 Å². The van der Waals surface area contributed by atoms with Gasteiger partial charge in [0.1, 0.15) is 10.7 Å². The Labute approximate surface area is 151 Å². The molecule has 1 saturated carbocycles. The monoisotopic (exact) mass is 354 g/mol. The second kappa shape index (κ2) is 6.96. The third-order valence-electron chi connectivity index (χ3n) is 4.82. The Hall–Kier alpha value is -2.21. The van der Waals surface area contributed by atoms with E-state index in [-0.39, 0.29) is 5.91 Å². The van der Waals surface area contributed by atoms with E-state index in [1.807, 2.05) is 17.6 Å². The van der Waals surface area contributed by atoms with Crippen LogP contribution in [-0.4, -0.2) is 26.5 Å². The first-order chi connectivity index (χ1) is 12.2. The fourth-order valence-corrected chi connectivity index (χ4v) is 4.40. The van der Waals surface area contributed by atoms with Crippen molar-refractivity contribution in [2.45, 2.75) is 51.6 Å². The van der Waals surface area contributed by atoms with Crippen LogP contribution in [0.2, 0.25) is 0 Å². The van der Waals surface area contributed by atoms with E-state index in [0.29, 0.717) is 12.5 Å². The number of fused-ring (bicyclic) bond motifs is 1. The second-order valence-electron chi connectivity index (χ2n) is 6.57. The molecule has 4 rings (SSSR count). The molecule has 1 aliphatic carbocycles. The van der Waals surface area contributed by atoms with E-state index >= 15 is 0 Å². The summed E-state index contributed by atoms with van der Waals surface area (Å²) in [5, 5.41) is 7.19. The Morgan fingerprint density at radius 2 is 2.24 bits per heavy atom. The van der Waals surface area contributed by atoms with Gasteiger partial charge in [0.2, 0.25) is 5.91 Å².